The molecule has 0 aromatic heterocycles. The minimum atomic E-state index is -1.55. The van der Waals surface area contributed by atoms with Gasteiger partial charge in [-0.3, -0.25) is 0 Å². The maximum absolute atomic E-state index is 11.9. The molecule has 0 spiro atoms. The molecule has 4 aliphatic heterocycles. The lowest BCUT2D eigenvalue weighted by atomic mass is 9.86. The van der Waals surface area contributed by atoms with Crippen LogP contribution in [0.25, 0.3) is 0 Å². The summed E-state index contributed by atoms with van der Waals surface area (Å²) in [5, 5.41) is 116. The molecule has 4 heterocycles. The molecule has 2 saturated heterocycles. The van der Waals surface area contributed by atoms with Gasteiger partial charge in [0.2, 0.25) is 11.5 Å². The minimum absolute atomic E-state index is 0. The van der Waals surface area contributed by atoms with Crippen LogP contribution in [0.15, 0.2) is 12.1 Å². The Kier molecular flexibility index (Phi) is 9.22. The molecule has 45 heavy (non-hydrogen) atoms. The van der Waals surface area contributed by atoms with E-state index in [0.29, 0.717) is 0 Å². The van der Waals surface area contributed by atoms with Gasteiger partial charge in [-0.15, -0.1) is 0 Å². The Morgan fingerprint density at radius 1 is 0.556 bits per heavy atom. The summed E-state index contributed by atoms with van der Waals surface area (Å²) >= 11 is 0. The van der Waals surface area contributed by atoms with Gasteiger partial charge in [-0.1, -0.05) is 0 Å². The molecular weight excluding hydrogens is 616 g/mol. The summed E-state index contributed by atoms with van der Waals surface area (Å²) in [7, 11) is 0. The lowest BCUT2D eigenvalue weighted by Crippen LogP contribution is -2.58. The van der Waals surface area contributed by atoms with E-state index in [1.165, 1.54) is 0 Å². The molecule has 0 saturated carbocycles. The van der Waals surface area contributed by atoms with E-state index in [2.05, 4.69) is 0 Å². The van der Waals surface area contributed by atoms with Gasteiger partial charge in [0.05, 0.1) is 24.3 Å². The van der Waals surface area contributed by atoms with Crippen LogP contribution in [0.4, 0.5) is 0 Å². The second-order valence-electron chi connectivity index (χ2n) is 10.4. The second-order valence-corrected chi connectivity index (χ2v) is 10.4. The number of phenolic OH excluding ortho intramolecular Hbond substituents is 6. The van der Waals surface area contributed by atoms with Gasteiger partial charge >= 0.3 is 11.9 Å². The predicted octanol–water partition coefficient (Wildman–Crippen LogP) is -3.83. The van der Waals surface area contributed by atoms with Crippen molar-refractivity contribution in [3.63, 3.8) is 0 Å². The summed E-state index contributed by atoms with van der Waals surface area (Å²) in [6.45, 7) is -1.23. The molecule has 2 aromatic carbocycles. The van der Waals surface area contributed by atoms with Crippen molar-refractivity contribution in [3.8, 4) is 34.5 Å². The van der Waals surface area contributed by atoms with Crippen LogP contribution < -0.4 is 0 Å². The number of ether oxygens (including phenoxy) is 4. The molecule has 0 aliphatic carbocycles. The van der Waals surface area contributed by atoms with Crippen LogP contribution in [0.5, 0.6) is 34.5 Å². The molecule has 0 radical (unpaired) electrons. The fraction of sp³-hybridized carbons (Fsp3) is 0.462. The lowest BCUT2D eigenvalue weighted by molar-refractivity contribution is -0.235. The fourth-order valence-corrected chi connectivity index (χ4v) is 5.52. The molecule has 0 amide bonds. The van der Waals surface area contributed by atoms with Crippen molar-refractivity contribution in [1.29, 1.82) is 0 Å². The van der Waals surface area contributed by atoms with Crippen LogP contribution in [0.1, 0.15) is 44.1 Å². The Bertz CT molecular complexity index is 1370. The Labute approximate surface area is 250 Å². The Morgan fingerprint density at radius 2 is 0.889 bits per heavy atom. The molecule has 10 atom stereocenters. The average molecular weight is 647 g/mol. The number of aliphatic hydroxyl groups is 6. The first kappa shape index (κ1) is 33.7. The van der Waals surface area contributed by atoms with Gasteiger partial charge in [-0.2, -0.15) is 0 Å². The summed E-state index contributed by atoms with van der Waals surface area (Å²) in [6.07, 6.45) is -13.5. The van der Waals surface area contributed by atoms with Crippen LogP contribution in [0.2, 0.25) is 0 Å². The highest BCUT2D eigenvalue weighted by atomic mass is 16.6. The van der Waals surface area contributed by atoms with Gasteiger partial charge in [0.25, 0.3) is 0 Å². The van der Waals surface area contributed by atoms with E-state index in [9.17, 15) is 70.9 Å². The molecule has 14 N–H and O–H groups in total. The smallest absolute Gasteiger partial charge is 0.339 e. The quantitative estimate of drug-likeness (QED) is 0.110. The minimum Gasteiger partial charge on any atom is -0.504 e. The van der Waals surface area contributed by atoms with E-state index in [1.807, 2.05) is 0 Å². The van der Waals surface area contributed by atoms with Crippen molar-refractivity contribution in [2.45, 2.75) is 61.0 Å². The van der Waals surface area contributed by atoms with E-state index in [4.69, 9.17) is 18.9 Å². The number of carbonyl (C=O) groups is 2. The number of fused-ring (bicyclic) bond motifs is 6. The van der Waals surface area contributed by atoms with E-state index in [1.54, 1.807) is 0 Å². The highest BCUT2D eigenvalue weighted by Crippen LogP contribution is 2.50. The van der Waals surface area contributed by atoms with Crippen molar-refractivity contribution in [3.05, 3.63) is 34.4 Å². The maximum atomic E-state index is 11.9. The molecule has 0 unspecified atom stereocenters. The molecule has 19 heteroatoms. The van der Waals surface area contributed by atoms with Gasteiger partial charge in [0.15, 0.2) is 35.2 Å². The largest absolute Gasteiger partial charge is 0.504 e. The molecule has 0 bridgehead atoms. The highest BCUT2D eigenvalue weighted by molar-refractivity contribution is 5.95. The van der Waals surface area contributed by atoms with Crippen molar-refractivity contribution in [2.75, 3.05) is 13.2 Å². The monoisotopic (exact) mass is 646 g/mol. The normalized spacial score (nSPS) is 33.0. The molecule has 2 fully saturated rings. The van der Waals surface area contributed by atoms with Gasteiger partial charge in [0, 0.05) is 11.1 Å². The molecule has 19 nitrogen and oxygen atoms in total. The van der Waals surface area contributed by atoms with Crippen LogP contribution >= 0.6 is 0 Å². The zero-order valence-electron chi connectivity index (χ0n) is 22.7. The molecular formula is C26H30O19. The number of hydrogen-bond donors (Lipinski definition) is 12. The Balaban J connectivity index is 0.000000200. The topological polar surface area (TPSA) is 345 Å². The fourth-order valence-electron chi connectivity index (χ4n) is 5.52. The number of aliphatic hydroxyl groups excluding tert-OH is 6. The summed E-state index contributed by atoms with van der Waals surface area (Å²) in [6, 6.07) is 1.80. The van der Waals surface area contributed by atoms with Gasteiger partial charge in [-0.25, -0.2) is 9.59 Å². The number of esters is 2. The number of hydrogen-bond acceptors (Lipinski definition) is 18. The van der Waals surface area contributed by atoms with Gasteiger partial charge in [0.1, 0.15) is 48.8 Å². The van der Waals surface area contributed by atoms with Crippen LogP contribution in [0, 0.1) is 0 Å². The van der Waals surface area contributed by atoms with Crippen LogP contribution in [0.3, 0.4) is 0 Å². The third-order valence-electron chi connectivity index (χ3n) is 7.82. The van der Waals surface area contributed by atoms with Crippen LogP contribution in [-0.4, -0.2) is 141 Å². The first-order valence-electron chi connectivity index (χ1n) is 13.0. The first-order valence-corrected chi connectivity index (χ1v) is 13.0. The second kappa shape index (κ2) is 12.3. The van der Waals surface area contributed by atoms with Gasteiger partial charge in [-0.05, 0) is 12.1 Å². The highest BCUT2D eigenvalue weighted by Gasteiger charge is 2.53. The summed E-state index contributed by atoms with van der Waals surface area (Å²) in [5.74, 6) is -6.64. The number of carbonyl (C=O) groups excluding carboxylic acids is 2. The Morgan fingerprint density at radius 3 is 1.20 bits per heavy atom. The zero-order chi connectivity index (χ0) is 32.4. The van der Waals surface area contributed by atoms with Gasteiger partial charge < -0.3 is 85.7 Å². The van der Waals surface area contributed by atoms with E-state index >= 15 is 0 Å². The third-order valence-corrected chi connectivity index (χ3v) is 7.82. The number of rotatable bonds is 2. The van der Waals surface area contributed by atoms with Crippen LogP contribution in [-0.2, 0) is 18.9 Å². The predicted molar refractivity (Wildman–Crippen MR) is 138 cm³/mol. The average Bonchev–Trinajstić information content (AvgIpc) is 2.99. The SMILES string of the molecule is O.O=C1O[C@@H]2[C@@H](O)[C@H](O)[C@@H](CO)O[C@H]2c2c1cc(O)c(O)c2O.O=C1O[C@@H]2[C@@H](O)[C@H](O)[C@@H](CO)O[C@H]2c2c1cc(O)c(O)c2O. The van der Waals surface area contributed by atoms with Crippen molar-refractivity contribution >= 4 is 11.9 Å². The number of phenols is 6. The summed E-state index contributed by atoms with van der Waals surface area (Å²) < 4.78 is 20.7. The number of aromatic hydroxyl groups is 6. The Hall–Kier alpha value is -4.18. The lowest BCUT2D eigenvalue weighted by Gasteiger charge is -2.44. The number of benzene rings is 2. The van der Waals surface area contributed by atoms with E-state index in [-0.39, 0.29) is 27.7 Å². The summed E-state index contributed by atoms with van der Waals surface area (Å²) in [4.78, 5) is 23.9. The van der Waals surface area contributed by atoms with Crippen molar-refractivity contribution < 1.29 is 95.3 Å². The van der Waals surface area contributed by atoms with Crippen molar-refractivity contribution in [2.24, 2.45) is 0 Å². The molecule has 2 aromatic rings. The zero-order valence-corrected chi connectivity index (χ0v) is 22.7. The molecule has 6 rings (SSSR count). The standard InChI is InChI=1S/2C13H14O9.H2O/c2*14-2-5-8(17)10(19)12-11(21-5)6-3(13(20)22-12)1-4(15)7(16)9(6)18;/h2*1,5,8,10-12,14-19H,2H2;1H2/t2*5-,8-,10+,11+,12-;/m11./s1. The van der Waals surface area contributed by atoms with Crippen molar-refractivity contribution in [1.82, 2.24) is 0 Å². The summed E-state index contributed by atoms with van der Waals surface area (Å²) in [5.41, 5.74) is -0.842. The van der Waals surface area contributed by atoms with E-state index in [0.717, 1.165) is 12.1 Å². The maximum Gasteiger partial charge on any atom is 0.339 e. The molecule has 4 aliphatic rings. The first-order chi connectivity index (χ1) is 20.7. The van der Waals surface area contributed by atoms with E-state index < -0.39 is 121 Å². The molecule has 248 valence electrons. The third kappa shape index (κ3) is 5.28.